The summed E-state index contributed by atoms with van der Waals surface area (Å²) in [5.41, 5.74) is 0. The summed E-state index contributed by atoms with van der Waals surface area (Å²) in [6.45, 7) is 2.45. The fourth-order valence-corrected chi connectivity index (χ4v) is 4.51. The monoisotopic (exact) mass is 300 g/mol. The Morgan fingerprint density at radius 2 is 2.21 bits per heavy atom. The topological polar surface area (TPSA) is 58.2 Å². The van der Waals surface area contributed by atoms with Crippen LogP contribution in [0, 0.1) is 5.92 Å². The van der Waals surface area contributed by atoms with Crippen LogP contribution in [0.2, 0.25) is 0 Å². The van der Waals surface area contributed by atoms with Crippen molar-refractivity contribution in [3.63, 3.8) is 0 Å². The highest BCUT2D eigenvalue weighted by Crippen LogP contribution is 2.24. The summed E-state index contributed by atoms with van der Waals surface area (Å²) in [6, 6.07) is 7.11. The molecule has 6 heteroatoms. The van der Waals surface area contributed by atoms with Gasteiger partial charge in [0, 0.05) is 11.4 Å². The molecule has 4 nitrogen and oxygen atoms in total. The highest BCUT2D eigenvalue weighted by Gasteiger charge is 2.20. The maximum Gasteiger partial charge on any atom is 0.241 e. The zero-order chi connectivity index (χ0) is 13.7. The summed E-state index contributed by atoms with van der Waals surface area (Å²) in [6.07, 6.45) is 4.09. The molecule has 1 aliphatic rings. The van der Waals surface area contributed by atoms with Gasteiger partial charge in [0.1, 0.15) is 0 Å². The maximum absolute atomic E-state index is 12.3. The molecule has 0 aromatic heterocycles. The van der Waals surface area contributed by atoms with Crippen LogP contribution >= 0.6 is 11.8 Å². The van der Waals surface area contributed by atoms with Gasteiger partial charge in [0.05, 0.1) is 4.90 Å². The lowest BCUT2D eigenvalue weighted by Crippen LogP contribution is -2.38. The van der Waals surface area contributed by atoms with Crippen molar-refractivity contribution in [2.75, 3.05) is 25.9 Å². The van der Waals surface area contributed by atoms with Crippen LogP contribution in [0.15, 0.2) is 34.1 Å². The molecule has 19 heavy (non-hydrogen) atoms. The first-order valence-corrected chi connectivity index (χ1v) is 9.17. The third kappa shape index (κ3) is 3.95. The van der Waals surface area contributed by atoms with Crippen molar-refractivity contribution in [1.82, 2.24) is 10.0 Å². The van der Waals surface area contributed by atoms with Crippen LogP contribution in [0.4, 0.5) is 0 Å². The summed E-state index contributed by atoms with van der Waals surface area (Å²) in [4.78, 5) is 1.17. The number of benzene rings is 1. The molecule has 1 unspecified atom stereocenters. The molecule has 1 aromatic rings. The van der Waals surface area contributed by atoms with Gasteiger partial charge in [0.25, 0.3) is 0 Å². The molecule has 1 saturated heterocycles. The van der Waals surface area contributed by atoms with E-state index in [1.165, 1.54) is 11.8 Å². The zero-order valence-corrected chi connectivity index (χ0v) is 12.7. The van der Waals surface area contributed by atoms with E-state index in [0.29, 0.717) is 17.4 Å². The summed E-state index contributed by atoms with van der Waals surface area (Å²) >= 11 is 1.45. The van der Waals surface area contributed by atoms with E-state index in [4.69, 9.17) is 0 Å². The number of thioether (sulfide) groups is 1. The third-order valence-electron chi connectivity index (χ3n) is 3.32. The standard InChI is InChI=1S/C13H20N2O2S2/c1-18-12-6-2-3-7-13(12)19(16,17)15-10-11-5-4-8-14-9-11/h2-3,6-7,11,14-15H,4-5,8-10H2,1H3. The first kappa shape index (κ1) is 14.8. The molecule has 1 aliphatic heterocycles. The van der Waals surface area contributed by atoms with Crippen LogP contribution in [0.25, 0.3) is 0 Å². The van der Waals surface area contributed by atoms with Gasteiger partial charge in [-0.3, -0.25) is 0 Å². The fourth-order valence-electron chi connectivity index (χ4n) is 2.24. The molecule has 1 atom stereocenters. The highest BCUT2D eigenvalue weighted by atomic mass is 32.2. The van der Waals surface area contributed by atoms with Crippen LogP contribution in [0.1, 0.15) is 12.8 Å². The van der Waals surface area contributed by atoms with E-state index in [1.807, 2.05) is 18.4 Å². The van der Waals surface area contributed by atoms with Gasteiger partial charge in [-0.05, 0) is 50.2 Å². The molecule has 106 valence electrons. The molecule has 2 N–H and O–H groups in total. The predicted molar refractivity (Wildman–Crippen MR) is 79.0 cm³/mol. The van der Waals surface area contributed by atoms with Crippen molar-refractivity contribution < 1.29 is 8.42 Å². The number of hydrogen-bond donors (Lipinski definition) is 2. The molecular formula is C13H20N2O2S2. The van der Waals surface area contributed by atoms with E-state index in [9.17, 15) is 8.42 Å². The van der Waals surface area contributed by atoms with Gasteiger partial charge in [0.15, 0.2) is 0 Å². The molecule has 1 heterocycles. The minimum Gasteiger partial charge on any atom is -0.316 e. The van der Waals surface area contributed by atoms with Crippen LogP contribution in [0.5, 0.6) is 0 Å². The smallest absolute Gasteiger partial charge is 0.241 e. The Kier molecular flexibility index (Phi) is 5.27. The van der Waals surface area contributed by atoms with Crippen LogP contribution in [-0.4, -0.2) is 34.3 Å². The van der Waals surface area contributed by atoms with Crippen LogP contribution < -0.4 is 10.0 Å². The second-order valence-corrected chi connectivity index (χ2v) is 7.30. The zero-order valence-electron chi connectivity index (χ0n) is 11.1. The minimum absolute atomic E-state index is 0.381. The lowest BCUT2D eigenvalue weighted by atomic mass is 10.0. The molecule has 0 spiro atoms. The van der Waals surface area contributed by atoms with Gasteiger partial charge in [-0.15, -0.1) is 11.8 Å². The average Bonchev–Trinajstić information content (AvgIpc) is 2.46. The Bertz CT molecular complexity index is 511. The fraction of sp³-hybridized carbons (Fsp3) is 0.538. The number of nitrogens with one attached hydrogen (secondary N) is 2. The predicted octanol–water partition coefficient (Wildman–Crippen LogP) is 1.69. The van der Waals surface area contributed by atoms with Crippen molar-refractivity contribution in [2.24, 2.45) is 5.92 Å². The van der Waals surface area contributed by atoms with Crippen molar-refractivity contribution >= 4 is 21.8 Å². The van der Waals surface area contributed by atoms with Gasteiger partial charge in [-0.25, -0.2) is 13.1 Å². The van der Waals surface area contributed by atoms with Gasteiger partial charge >= 0.3 is 0 Å². The molecule has 0 saturated carbocycles. The molecule has 0 aliphatic carbocycles. The Labute approximate surface area is 119 Å². The molecule has 0 radical (unpaired) electrons. The van der Waals surface area contributed by atoms with E-state index in [-0.39, 0.29) is 0 Å². The molecule has 0 amide bonds. The quantitative estimate of drug-likeness (QED) is 0.813. The van der Waals surface area contributed by atoms with E-state index >= 15 is 0 Å². The summed E-state index contributed by atoms with van der Waals surface area (Å²) < 4.78 is 27.4. The Hall–Kier alpha value is -0.560. The first-order chi connectivity index (χ1) is 9.13. The van der Waals surface area contributed by atoms with Gasteiger partial charge in [-0.1, -0.05) is 12.1 Å². The number of hydrogen-bond acceptors (Lipinski definition) is 4. The molecule has 0 bridgehead atoms. The lowest BCUT2D eigenvalue weighted by Gasteiger charge is -2.23. The van der Waals surface area contributed by atoms with E-state index in [1.54, 1.807) is 12.1 Å². The van der Waals surface area contributed by atoms with Gasteiger partial charge in [-0.2, -0.15) is 0 Å². The minimum atomic E-state index is -3.40. The van der Waals surface area contributed by atoms with Crippen molar-refractivity contribution in [2.45, 2.75) is 22.6 Å². The summed E-state index contributed by atoms with van der Waals surface area (Å²) in [7, 11) is -3.40. The van der Waals surface area contributed by atoms with Crippen molar-refractivity contribution in [1.29, 1.82) is 0 Å². The van der Waals surface area contributed by atoms with Crippen molar-refractivity contribution in [3.8, 4) is 0 Å². The molecule has 1 fully saturated rings. The number of rotatable bonds is 5. The normalized spacial score (nSPS) is 20.4. The highest BCUT2D eigenvalue weighted by molar-refractivity contribution is 7.99. The first-order valence-electron chi connectivity index (χ1n) is 6.47. The van der Waals surface area contributed by atoms with Gasteiger partial charge < -0.3 is 5.32 Å². The lowest BCUT2D eigenvalue weighted by molar-refractivity contribution is 0.375. The van der Waals surface area contributed by atoms with E-state index in [0.717, 1.165) is 30.8 Å². The maximum atomic E-state index is 12.3. The van der Waals surface area contributed by atoms with E-state index < -0.39 is 10.0 Å². The second-order valence-electron chi connectivity index (χ2n) is 4.72. The molecule has 1 aromatic carbocycles. The summed E-state index contributed by atoms with van der Waals surface area (Å²) in [5.74, 6) is 0.393. The molecular weight excluding hydrogens is 280 g/mol. The largest absolute Gasteiger partial charge is 0.316 e. The SMILES string of the molecule is CSc1ccccc1S(=O)(=O)NCC1CCCNC1. The third-order valence-corrected chi connectivity index (χ3v) is 5.73. The van der Waals surface area contributed by atoms with Crippen molar-refractivity contribution in [3.05, 3.63) is 24.3 Å². The van der Waals surface area contributed by atoms with Gasteiger partial charge in [0.2, 0.25) is 10.0 Å². The summed E-state index contributed by atoms with van der Waals surface area (Å²) in [5, 5.41) is 3.29. The number of piperidine rings is 1. The van der Waals surface area contributed by atoms with Crippen LogP contribution in [-0.2, 0) is 10.0 Å². The number of sulfonamides is 1. The van der Waals surface area contributed by atoms with E-state index in [2.05, 4.69) is 10.0 Å². The van der Waals surface area contributed by atoms with Crippen LogP contribution in [0.3, 0.4) is 0 Å². The average molecular weight is 300 g/mol. The Balaban J connectivity index is 2.05. The molecule has 2 rings (SSSR count). The second kappa shape index (κ2) is 6.74. The Morgan fingerprint density at radius 3 is 2.89 bits per heavy atom. The Morgan fingerprint density at radius 1 is 1.42 bits per heavy atom.